The van der Waals surface area contributed by atoms with Crippen LogP contribution in [0.1, 0.15) is 48.5 Å². The number of hydrogen-bond acceptors (Lipinski definition) is 1. The van der Waals surface area contributed by atoms with Gasteiger partial charge >= 0.3 is 0 Å². The monoisotopic (exact) mass is 250 g/mol. The summed E-state index contributed by atoms with van der Waals surface area (Å²) in [6.45, 7) is 4.21. The minimum Gasteiger partial charge on any atom is -0.294 e. The van der Waals surface area contributed by atoms with Crippen LogP contribution in [-0.4, -0.2) is 5.78 Å². The van der Waals surface area contributed by atoms with Crippen molar-refractivity contribution in [3.8, 4) is 0 Å². The maximum atomic E-state index is 12.4. The van der Waals surface area contributed by atoms with Crippen LogP contribution in [0, 0.1) is 18.8 Å². The van der Waals surface area contributed by atoms with Crippen LogP contribution in [0.5, 0.6) is 0 Å². The van der Waals surface area contributed by atoms with E-state index >= 15 is 0 Å². The zero-order valence-corrected chi connectivity index (χ0v) is 11.3. The molecule has 0 spiro atoms. The van der Waals surface area contributed by atoms with Crippen LogP contribution in [0.3, 0.4) is 0 Å². The van der Waals surface area contributed by atoms with Gasteiger partial charge in [-0.3, -0.25) is 4.79 Å². The molecule has 92 valence electrons. The molecule has 0 aliphatic heterocycles. The summed E-state index contributed by atoms with van der Waals surface area (Å²) in [6, 6.07) is 5.72. The molecule has 0 N–H and O–H groups in total. The Balaban J connectivity index is 2.17. The lowest BCUT2D eigenvalue weighted by molar-refractivity contribution is 0.0876. The molecule has 0 saturated heterocycles. The fourth-order valence-electron chi connectivity index (χ4n) is 2.58. The van der Waals surface area contributed by atoms with Gasteiger partial charge in [0.05, 0.1) is 5.02 Å². The third-order valence-electron chi connectivity index (χ3n) is 3.84. The number of rotatable bonds is 2. The zero-order valence-electron chi connectivity index (χ0n) is 10.5. The molecule has 0 radical (unpaired) electrons. The fraction of sp³-hybridized carbons (Fsp3) is 0.533. The Bertz CT molecular complexity index is 417. The van der Waals surface area contributed by atoms with Crippen molar-refractivity contribution in [3.63, 3.8) is 0 Å². The topological polar surface area (TPSA) is 17.1 Å². The first kappa shape index (κ1) is 12.6. The largest absolute Gasteiger partial charge is 0.294 e. The Hall–Kier alpha value is -0.820. The molecule has 1 aromatic carbocycles. The Morgan fingerprint density at radius 1 is 1.24 bits per heavy atom. The van der Waals surface area contributed by atoms with Crippen LogP contribution in [0.4, 0.5) is 0 Å². The number of Topliss-reactive ketones (excluding diaryl/α,β-unsaturated/α-hetero) is 1. The molecule has 0 bridgehead atoms. The molecule has 1 fully saturated rings. The van der Waals surface area contributed by atoms with Crippen LogP contribution >= 0.6 is 11.6 Å². The van der Waals surface area contributed by atoms with Crippen molar-refractivity contribution in [1.82, 2.24) is 0 Å². The SMILES string of the molecule is Cc1cccc(C(=O)C2CCC(C)CC2)c1Cl. The normalized spacial score (nSPS) is 24.6. The number of benzene rings is 1. The van der Waals surface area contributed by atoms with E-state index in [0.717, 1.165) is 24.3 Å². The number of carbonyl (C=O) groups excluding carboxylic acids is 1. The summed E-state index contributed by atoms with van der Waals surface area (Å²) in [5, 5.41) is 0.635. The predicted molar refractivity (Wildman–Crippen MR) is 71.6 cm³/mol. The summed E-state index contributed by atoms with van der Waals surface area (Å²) in [5.41, 5.74) is 1.70. The molecule has 1 aliphatic carbocycles. The summed E-state index contributed by atoms with van der Waals surface area (Å²) in [7, 11) is 0. The molecule has 1 aromatic rings. The maximum absolute atomic E-state index is 12.4. The van der Waals surface area contributed by atoms with Gasteiger partial charge in [0.2, 0.25) is 0 Å². The highest BCUT2D eigenvalue weighted by Crippen LogP contribution is 2.32. The Morgan fingerprint density at radius 3 is 2.53 bits per heavy atom. The maximum Gasteiger partial charge on any atom is 0.167 e. The molecular weight excluding hydrogens is 232 g/mol. The minimum atomic E-state index is 0.186. The third-order valence-corrected chi connectivity index (χ3v) is 4.35. The van der Waals surface area contributed by atoms with E-state index in [1.807, 2.05) is 25.1 Å². The van der Waals surface area contributed by atoms with Crippen LogP contribution in [0.25, 0.3) is 0 Å². The molecule has 1 nitrogen and oxygen atoms in total. The summed E-state index contributed by atoms with van der Waals surface area (Å²) < 4.78 is 0. The Morgan fingerprint density at radius 2 is 1.88 bits per heavy atom. The van der Waals surface area contributed by atoms with E-state index in [1.165, 1.54) is 12.8 Å². The van der Waals surface area contributed by atoms with E-state index in [-0.39, 0.29) is 11.7 Å². The first-order chi connectivity index (χ1) is 8.09. The number of halogens is 1. The van der Waals surface area contributed by atoms with E-state index in [1.54, 1.807) is 0 Å². The molecule has 1 saturated carbocycles. The van der Waals surface area contributed by atoms with Gasteiger partial charge in [-0.2, -0.15) is 0 Å². The van der Waals surface area contributed by atoms with Crippen LogP contribution in [0.15, 0.2) is 18.2 Å². The summed E-state index contributed by atoms with van der Waals surface area (Å²) in [6.07, 6.45) is 4.37. The van der Waals surface area contributed by atoms with Gasteiger partial charge in [0.1, 0.15) is 0 Å². The van der Waals surface area contributed by atoms with Crippen molar-refractivity contribution >= 4 is 17.4 Å². The number of aryl methyl sites for hydroxylation is 1. The van der Waals surface area contributed by atoms with E-state index in [4.69, 9.17) is 11.6 Å². The molecule has 0 amide bonds. The van der Waals surface area contributed by atoms with Crippen molar-refractivity contribution in [2.45, 2.75) is 39.5 Å². The summed E-state index contributed by atoms with van der Waals surface area (Å²) >= 11 is 6.22. The van der Waals surface area contributed by atoms with Gasteiger partial charge < -0.3 is 0 Å². The van der Waals surface area contributed by atoms with Gasteiger partial charge in [0, 0.05) is 11.5 Å². The lowest BCUT2D eigenvalue weighted by atomic mass is 9.79. The van der Waals surface area contributed by atoms with Gasteiger partial charge in [0.25, 0.3) is 0 Å². The van der Waals surface area contributed by atoms with Crippen LogP contribution in [0.2, 0.25) is 5.02 Å². The second kappa shape index (κ2) is 5.22. The number of ketones is 1. The average Bonchev–Trinajstić information content (AvgIpc) is 2.33. The summed E-state index contributed by atoms with van der Waals surface area (Å²) in [5.74, 6) is 1.20. The van der Waals surface area contributed by atoms with Gasteiger partial charge in [-0.25, -0.2) is 0 Å². The molecule has 2 rings (SSSR count). The smallest absolute Gasteiger partial charge is 0.167 e. The predicted octanol–water partition coefficient (Wildman–Crippen LogP) is 4.66. The lowest BCUT2D eigenvalue weighted by Gasteiger charge is -2.25. The van der Waals surface area contributed by atoms with E-state index in [0.29, 0.717) is 10.6 Å². The van der Waals surface area contributed by atoms with Crippen molar-refractivity contribution in [1.29, 1.82) is 0 Å². The highest BCUT2D eigenvalue weighted by Gasteiger charge is 2.26. The van der Waals surface area contributed by atoms with Gasteiger partial charge in [0.15, 0.2) is 5.78 Å². The molecular formula is C15H19ClO. The molecule has 0 unspecified atom stereocenters. The van der Waals surface area contributed by atoms with Crippen LogP contribution in [-0.2, 0) is 0 Å². The molecule has 0 aromatic heterocycles. The van der Waals surface area contributed by atoms with Crippen molar-refractivity contribution < 1.29 is 4.79 Å². The third kappa shape index (κ3) is 2.71. The second-order valence-corrected chi connectivity index (χ2v) is 5.64. The first-order valence-corrected chi connectivity index (χ1v) is 6.76. The van der Waals surface area contributed by atoms with Gasteiger partial charge in [-0.15, -0.1) is 0 Å². The highest BCUT2D eigenvalue weighted by atomic mass is 35.5. The fourth-order valence-corrected chi connectivity index (χ4v) is 2.80. The van der Waals surface area contributed by atoms with Crippen molar-refractivity contribution in [2.75, 3.05) is 0 Å². The van der Waals surface area contributed by atoms with Gasteiger partial charge in [-0.1, -0.05) is 43.5 Å². The van der Waals surface area contributed by atoms with E-state index in [9.17, 15) is 4.79 Å². The standard InChI is InChI=1S/C15H19ClO/c1-10-6-8-12(9-7-10)15(17)13-5-3-4-11(2)14(13)16/h3-5,10,12H,6-9H2,1-2H3. The zero-order chi connectivity index (χ0) is 12.4. The van der Waals surface area contributed by atoms with Gasteiger partial charge in [-0.05, 0) is 37.3 Å². The Labute approximate surface area is 108 Å². The lowest BCUT2D eigenvalue weighted by Crippen LogP contribution is -2.21. The molecule has 17 heavy (non-hydrogen) atoms. The highest BCUT2D eigenvalue weighted by molar-refractivity contribution is 6.34. The molecule has 0 heterocycles. The first-order valence-electron chi connectivity index (χ1n) is 6.39. The number of hydrogen-bond donors (Lipinski definition) is 0. The van der Waals surface area contributed by atoms with Crippen molar-refractivity contribution in [3.05, 3.63) is 34.3 Å². The average molecular weight is 251 g/mol. The summed E-state index contributed by atoms with van der Waals surface area (Å²) in [4.78, 5) is 12.4. The van der Waals surface area contributed by atoms with E-state index < -0.39 is 0 Å². The molecule has 0 atom stereocenters. The number of carbonyl (C=O) groups is 1. The van der Waals surface area contributed by atoms with Crippen LogP contribution < -0.4 is 0 Å². The Kier molecular flexibility index (Phi) is 3.88. The minimum absolute atomic E-state index is 0.186. The quantitative estimate of drug-likeness (QED) is 0.698. The molecule has 2 heteroatoms. The second-order valence-electron chi connectivity index (χ2n) is 5.26. The van der Waals surface area contributed by atoms with E-state index in [2.05, 4.69) is 6.92 Å². The molecule has 1 aliphatic rings. The van der Waals surface area contributed by atoms with Crippen molar-refractivity contribution in [2.24, 2.45) is 11.8 Å².